The van der Waals surface area contributed by atoms with E-state index in [-0.39, 0.29) is 13.5 Å². The Balaban J connectivity index is 0.000000524. The zero-order valence-electron chi connectivity index (χ0n) is 18.8. The number of pyridine rings is 1. The molecule has 1 fully saturated rings. The molecule has 0 N–H and O–H groups in total. The molecule has 2 amide bonds. The summed E-state index contributed by atoms with van der Waals surface area (Å²) in [6.07, 6.45) is 1.70. The Morgan fingerprint density at radius 1 is 0.931 bits per heavy atom. The molecule has 0 unspecified atom stereocenters. The van der Waals surface area contributed by atoms with E-state index in [1.54, 1.807) is 26.4 Å². The number of hydrogen-bond donors (Lipinski definition) is 0. The Hall–Kier alpha value is -1.16. The number of benzene rings is 1. The fourth-order valence-corrected chi connectivity index (χ4v) is 3.78. The molecule has 6 heteroatoms. The van der Waals surface area contributed by atoms with Crippen LogP contribution in [0, 0.1) is 37.0 Å². The van der Waals surface area contributed by atoms with Crippen molar-refractivity contribution in [2.75, 3.05) is 14.1 Å². The Bertz CT molecular complexity index is 706. The van der Waals surface area contributed by atoms with Crippen LogP contribution in [0.25, 0.3) is 16.2 Å². The van der Waals surface area contributed by atoms with E-state index in [1.165, 1.54) is 22.8 Å². The number of fused-ring (bicyclic) bond motifs is 1. The average molecular weight is 597 g/mol. The van der Waals surface area contributed by atoms with Gasteiger partial charge >= 0.3 is 27.5 Å². The van der Waals surface area contributed by atoms with Gasteiger partial charge in [0.1, 0.15) is 0 Å². The Kier molecular flexibility index (Phi) is 12.7. The summed E-state index contributed by atoms with van der Waals surface area (Å²) < 4.78 is 0. The van der Waals surface area contributed by atoms with Gasteiger partial charge in [-0.2, -0.15) is 0 Å². The minimum absolute atomic E-state index is 0. The van der Waals surface area contributed by atoms with E-state index in [1.807, 2.05) is 24.3 Å². The fraction of sp³-hybridized carbons (Fsp3) is 0.522. The SMILES string of the molecule is CC1C(C)C(C)C(C)C1C.CN(C)C(=O)[N-]c1cccc2cccnc12.[CH3-].[Cl][Ir+2]. The van der Waals surface area contributed by atoms with Gasteiger partial charge in [0, 0.05) is 11.6 Å². The van der Waals surface area contributed by atoms with Gasteiger partial charge in [-0.25, -0.2) is 0 Å². The summed E-state index contributed by atoms with van der Waals surface area (Å²) >= 11 is 1.47. The molecule has 1 aromatic heterocycles. The summed E-state index contributed by atoms with van der Waals surface area (Å²) in [5.74, 6) is 4.68. The van der Waals surface area contributed by atoms with Gasteiger partial charge in [-0.1, -0.05) is 73.0 Å². The van der Waals surface area contributed by atoms with E-state index in [9.17, 15) is 4.79 Å². The van der Waals surface area contributed by atoms with Gasteiger partial charge in [-0.05, 0) is 41.3 Å². The zero-order chi connectivity index (χ0) is 21.4. The number of para-hydroxylation sites is 1. The summed E-state index contributed by atoms with van der Waals surface area (Å²) in [7, 11) is 7.98. The first-order chi connectivity index (χ1) is 13.2. The Labute approximate surface area is 192 Å². The summed E-state index contributed by atoms with van der Waals surface area (Å²) in [6.45, 7) is 12.0. The molecule has 1 saturated carbocycles. The van der Waals surface area contributed by atoms with Crippen LogP contribution in [-0.4, -0.2) is 30.0 Å². The average Bonchev–Trinajstić information content (AvgIpc) is 2.88. The molecule has 1 aliphatic carbocycles. The van der Waals surface area contributed by atoms with Crippen LogP contribution >= 0.6 is 9.58 Å². The van der Waals surface area contributed by atoms with Crippen molar-refractivity contribution in [2.24, 2.45) is 29.6 Å². The first-order valence-corrected chi connectivity index (χ1v) is 12.6. The van der Waals surface area contributed by atoms with Gasteiger partial charge in [0.15, 0.2) is 6.03 Å². The number of urea groups is 1. The van der Waals surface area contributed by atoms with Crippen LogP contribution in [0.5, 0.6) is 0 Å². The molecule has 0 radical (unpaired) electrons. The van der Waals surface area contributed by atoms with E-state index in [4.69, 9.17) is 0 Å². The molecule has 0 atom stereocenters. The van der Waals surface area contributed by atoms with E-state index in [0.29, 0.717) is 5.69 Å². The van der Waals surface area contributed by atoms with E-state index < -0.39 is 0 Å². The van der Waals surface area contributed by atoms with Gasteiger partial charge in [0.05, 0.1) is 5.52 Å². The van der Waals surface area contributed by atoms with Crippen molar-refractivity contribution in [3.05, 3.63) is 49.3 Å². The van der Waals surface area contributed by atoms with E-state index in [2.05, 4.69) is 54.5 Å². The number of carbonyl (C=O) groups excluding carboxylic acids is 1. The normalized spacial score (nSPS) is 24.9. The van der Waals surface area contributed by atoms with Crippen LogP contribution in [-0.2, 0) is 17.9 Å². The molecule has 0 bridgehead atoms. The second kappa shape index (κ2) is 13.2. The molecule has 4 nitrogen and oxygen atoms in total. The molecule has 0 saturated heterocycles. The van der Waals surface area contributed by atoms with Crippen LogP contribution < -0.4 is 0 Å². The Morgan fingerprint density at radius 3 is 1.83 bits per heavy atom. The molecular weight excluding hydrogens is 562 g/mol. The van der Waals surface area contributed by atoms with Crippen LogP contribution in [0.2, 0.25) is 0 Å². The van der Waals surface area contributed by atoms with Crippen molar-refractivity contribution in [3.8, 4) is 0 Å². The zero-order valence-corrected chi connectivity index (χ0v) is 22.0. The van der Waals surface area contributed by atoms with Gasteiger partial charge in [0.2, 0.25) is 0 Å². The summed E-state index contributed by atoms with van der Waals surface area (Å²) in [5, 5.41) is 4.99. The van der Waals surface area contributed by atoms with Crippen molar-refractivity contribution in [3.63, 3.8) is 0 Å². The van der Waals surface area contributed by atoms with E-state index >= 15 is 0 Å². The minimum atomic E-state index is -0.279. The van der Waals surface area contributed by atoms with Crippen molar-refractivity contribution in [1.82, 2.24) is 9.88 Å². The first kappa shape index (κ1) is 27.8. The molecule has 3 rings (SSSR count). The predicted octanol–water partition coefficient (Wildman–Crippen LogP) is 7.24. The van der Waals surface area contributed by atoms with Crippen molar-refractivity contribution in [1.29, 1.82) is 0 Å². The van der Waals surface area contributed by atoms with Crippen molar-refractivity contribution >= 4 is 32.2 Å². The molecule has 0 aliphatic heterocycles. The number of nitrogens with zero attached hydrogens (tertiary/aromatic N) is 3. The van der Waals surface area contributed by atoms with Crippen LogP contribution in [0.1, 0.15) is 34.6 Å². The molecule has 1 aliphatic rings. The van der Waals surface area contributed by atoms with Crippen LogP contribution in [0.15, 0.2) is 36.5 Å². The molecule has 1 heterocycles. The topological polar surface area (TPSA) is 47.3 Å². The van der Waals surface area contributed by atoms with Crippen molar-refractivity contribution in [2.45, 2.75) is 34.6 Å². The maximum atomic E-state index is 11.5. The molecule has 164 valence electrons. The van der Waals surface area contributed by atoms with Gasteiger partial charge in [-0.15, -0.1) is 0 Å². The Morgan fingerprint density at radius 2 is 1.38 bits per heavy atom. The number of aromatic nitrogens is 1. The second-order valence-corrected chi connectivity index (χ2v) is 7.94. The summed E-state index contributed by atoms with van der Waals surface area (Å²) in [4.78, 5) is 17.1. The number of amides is 2. The van der Waals surface area contributed by atoms with Crippen LogP contribution in [0.3, 0.4) is 0 Å². The third-order valence-electron chi connectivity index (χ3n) is 6.36. The van der Waals surface area contributed by atoms with Gasteiger partial charge < -0.3 is 17.6 Å². The third kappa shape index (κ3) is 7.24. The monoisotopic (exact) mass is 597 g/mol. The molecular formula is C23H35ClIrN3O. The molecule has 1 aromatic carbocycles. The molecule has 2 aromatic rings. The number of carbonyl (C=O) groups is 1. The fourth-order valence-electron chi connectivity index (χ4n) is 3.78. The third-order valence-corrected chi connectivity index (χ3v) is 6.36. The quantitative estimate of drug-likeness (QED) is 0.326. The molecule has 29 heavy (non-hydrogen) atoms. The van der Waals surface area contributed by atoms with Gasteiger partial charge in [-0.3, -0.25) is 9.78 Å². The number of hydrogen-bond acceptors (Lipinski definition) is 2. The summed E-state index contributed by atoms with van der Waals surface area (Å²) in [6, 6.07) is 9.13. The first-order valence-electron chi connectivity index (χ1n) is 9.63. The van der Waals surface area contributed by atoms with Crippen molar-refractivity contribution < 1.29 is 22.7 Å². The number of halogens is 1. The van der Waals surface area contributed by atoms with Crippen LogP contribution in [0.4, 0.5) is 10.5 Å². The maximum absolute atomic E-state index is 11.5. The second-order valence-electron chi connectivity index (χ2n) is 7.94. The van der Waals surface area contributed by atoms with E-state index in [0.717, 1.165) is 40.5 Å². The standard InChI is InChI=1S/C12H13N3O.C10H20.CH3.ClH.Ir/c1-15(2)12(16)14-10-7-3-5-9-6-4-8-13-11(9)10;1-6-7(2)9(4)10(5)8(6)3;;;/h3-8H,1-2H3,(H,14,16);6-10H,1-5H3;1H3;1H;/q;;-1;;+3/p-2. The van der Waals surface area contributed by atoms with Gasteiger partial charge in [0.25, 0.3) is 0 Å². The molecule has 0 spiro atoms. The number of rotatable bonds is 1. The summed E-state index contributed by atoms with van der Waals surface area (Å²) in [5.41, 5.74) is 1.36. The predicted molar refractivity (Wildman–Crippen MR) is 122 cm³/mol.